The molecular formula is C12H13FO2. The van der Waals surface area contributed by atoms with Gasteiger partial charge in [-0.2, -0.15) is 0 Å². The van der Waals surface area contributed by atoms with Gasteiger partial charge in [-0.1, -0.05) is 18.2 Å². The smallest absolute Gasteiger partial charge is 0.314 e. The Bertz CT molecular complexity index is 398. The molecule has 2 rings (SSSR count). The third kappa shape index (κ3) is 1.52. The molecule has 0 bridgehead atoms. The molecule has 80 valence electrons. The Kier molecular flexibility index (Phi) is 2.25. The lowest BCUT2D eigenvalue weighted by Gasteiger charge is -2.25. The van der Waals surface area contributed by atoms with E-state index in [0.717, 1.165) is 12.8 Å². The van der Waals surface area contributed by atoms with Crippen LogP contribution in [0.5, 0.6) is 0 Å². The van der Waals surface area contributed by atoms with Crippen molar-refractivity contribution in [1.82, 2.24) is 0 Å². The molecule has 1 unspecified atom stereocenters. The quantitative estimate of drug-likeness (QED) is 0.828. The summed E-state index contributed by atoms with van der Waals surface area (Å²) < 4.78 is 13.6. The van der Waals surface area contributed by atoms with Crippen LogP contribution in [-0.2, 0) is 10.2 Å². The second kappa shape index (κ2) is 3.33. The van der Waals surface area contributed by atoms with Crippen LogP contribution in [0.4, 0.5) is 4.39 Å². The van der Waals surface area contributed by atoms with Gasteiger partial charge in [0.25, 0.3) is 0 Å². The van der Waals surface area contributed by atoms with Crippen LogP contribution in [0.2, 0.25) is 0 Å². The van der Waals surface area contributed by atoms with Gasteiger partial charge in [0.05, 0.1) is 5.41 Å². The van der Waals surface area contributed by atoms with Crippen LogP contribution < -0.4 is 0 Å². The summed E-state index contributed by atoms with van der Waals surface area (Å²) in [6.07, 6.45) is 1.74. The molecule has 1 aromatic rings. The van der Waals surface area contributed by atoms with Crippen molar-refractivity contribution in [3.63, 3.8) is 0 Å². The Hall–Kier alpha value is -1.38. The number of aliphatic carboxylic acids is 1. The molecule has 1 aliphatic carbocycles. The summed E-state index contributed by atoms with van der Waals surface area (Å²) in [6.45, 7) is 1.62. The van der Waals surface area contributed by atoms with Gasteiger partial charge in [0, 0.05) is 5.56 Å². The molecule has 3 heteroatoms. The third-order valence-electron chi connectivity index (χ3n) is 3.27. The first-order chi connectivity index (χ1) is 7.06. The summed E-state index contributed by atoms with van der Waals surface area (Å²) in [7, 11) is 0. The Morgan fingerprint density at radius 1 is 1.47 bits per heavy atom. The zero-order chi connectivity index (χ0) is 11.1. The largest absolute Gasteiger partial charge is 0.481 e. The van der Waals surface area contributed by atoms with E-state index in [0.29, 0.717) is 5.56 Å². The highest BCUT2D eigenvalue weighted by atomic mass is 19.1. The summed E-state index contributed by atoms with van der Waals surface area (Å²) in [5.74, 6) is -1.28. The molecule has 0 spiro atoms. The second-order valence-electron chi connectivity index (χ2n) is 4.26. The SMILES string of the molecule is CC(C(=O)O)(c1ccccc1F)C1CC1. The number of carboxylic acid groups (broad SMARTS) is 1. The number of carbonyl (C=O) groups is 1. The maximum atomic E-state index is 13.6. The second-order valence-corrected chi connectivity index (χ2v) is 4.26. The van der Waals surface area contributed by atoms with E-state index in [-0.39, 0.29) is 5.92 Å². The van der Waals surface area contributed by atoms with Crippen LogP contribution in [0.15, 0.2) is 24.3 Å². The van der Waals surface area contributed by atoms with Gasteiger partial charge < -0.3 is 5.11 Å². The van der Waals surface area contributed by atoms with Gasteiger partial charge in [-0.3, -0.25) is 4.79 Å². The molecule has 0 radical (unpaired) electrons. The Labute approximate surface area is 87.7 Å². The van der Waals surface area contributed by atoms with E-state index in [9.17, 15) is 14.3 Å². The first kappa shape index (κ1) is 10.1. The Balaban J connectivity index is 2.50. The molecule has 0 aliphatic heterocycles. The Morgan fingerprint density at radius 3 is 2.53 bits per heavy atom. The van der Waals surface area contributed by atoms with Crippen LogP contribution in [0.25, 0.3) is 0 Å². The summed E-state index contributed by atoms with van der Waals surface area (Å²) in [6, 6.07) is 6.15. The lowest BCUT2D eigenvalue weighted by atomic mass is 9.77. The van der Waals surface area contributed by atoms with Gasteiger partial charge in [-0.05, 0) is 31.7 Å². The van der Waals surface area contributed by atoms with Crippen molar-refractivity contribution >= 4 is 5.97 Å². The zero-order valence-electron chi connectivity index (χ0n) is 8.53. The third-order valence-corrected chi connectivity index (χ3v) is 3.27. The number of benzene rings is 1. The van der Waals surface area contributed by atoms with Gasteiger partial charge >= 0.3 is 5.97 Å². The van der Waals surface area contributed by atoms with Crippen molar-refractivity contribution < 1.29 is 14.3 Å². The molecule has 1 atom stereocenters. The lowest BCUT2D eigenvalue weighted by molar-refractivity contribution is -0.144. The molecule has 1 aliphatic rings. The molecule has 1 saturated carbocycles. The normalized spacial score (nSPS) is 19.6. The maximum Gasteiger partial charge on any atom is 0.314 e. The standard InChI is InChI=1S/C12H13FO2/c1-12(11(14)15,8-6-7-8)9-4-2-3-5-10(9)13/h2-5,8H,6-7H2,1H3,(H,14,15). The fourth-order valence-corrected chi connectivity index (χ4v) is 2.05. The van der Waals surface area contributed by atoms with Crippen LogP contribution in [0.1, 0.15) is 25.3 Å². The monoisotopic (exact) mass is 208 g/mol. The summed E-state index contributed by atoms with van der Waals surface area (Å²) in [5.41, 5.74) is -0.759. The van der Waals surface area contributed by atoms with Gasteiger partial charge in [0.1, 0.15) is 5.82 Å². The molecule has 0 amide bonds. The molecule has 2 nitrogen and oxygen atoms in total. The predicted octanol–water partition coefficient (Wildman–Crippen LogP) is 2.58. The predicted molar refractivity (Wildman–Crippen MR) is 54.1 cm³/mol. The van der Waals surface area contributed by atoms with Gasteiger partial charge in [0.2, 0.25) is 0 Å². The van der Waals surface area contributed by atoms with Crippen LogP contribution in [-0.4, -0.2) is 11.1 Å². The van der Waals surface area contributed by atoms with Crippen molar-refractivity contribution in [2.75, 3.05) is 0 Å². The van der Waals surface area contributed by atoms with Crippen molar-refractivity contribution in [3.8, 4) is 0 Å². The van der Waals surface area contributed by atoms with E-state index in [2.05, 4.69) is 0 Å². The average Bonchev–Trinajstić information content (AvgIpc) is 3.00. The highest BCUT2D eigenvalue weighted by Gasteiger charge is 2.49. The van der Waals surface area contributed by atoms with E-state index in [4.69, 9.17) is 0 Å². The fourth-order valence-electron chi connectivity index (χ4n) is 2.05. The first-order valence-corrected chi connectivity index (χ1v) is 5.05. The van der Waals surface area contributed by atoms with E-state index in [1.165, 1.54) is 6.07 Å². The zero-order valence-corrected chi connectivity index (χ0v) is 8.53. The molecule has 15 heavy (non-hydrogen) atoms. The van der Waals surface area contributed by atoms with E-state index in [1.54, 1.807) is 25.1 Å². The van der Waals surface area contributed by atoms with E-state index >= 15 is 0 Å². The summed E-state index contributed by atoms with van der Waals surface area (Å²) in [5, 5.41) is 9.25. The molecule has 0 saturated heterocycles. The van der Waals surface area contributed by atoms with Crippen molar-refractivity contribution in [2.45, 2.75) is 25.2 Å². The molecule has 1 aromatic carbocycles. The van der Waals surface area contributed by atoms with Gasteiger partial charge in [-0.25, -0.2) is 4.39 Å². The van der Waals surface area contributed by atoms with Gasteiger partial charge in [0.15, 0.2) is 0 Å². The number of hydrogen-bond donors (Lipinski definition) is 1. The van der Waals surface area contributed by atoms with Crippen LogP contribution >= 0.6 is 0 Å². The van der Waals surface area contributed by atoms with E-state index < -0.39 is 17.2 Å². The summed E-state index contributed by atoms with van der Waals surface area (Å²) in [4.78, 5) is 11.3. The minimum absolute atomic E-state index is 0.0758. The first-order valence-electron chi connectivity index (χ1n) is 5.05. The van der Waals surface area contributed by atoms with Crippen LogP contribution in [0, 0.1) is 11.7 Å². The highest BCUT2D eigenvalue weighted by Crippen LogP contribution is 2.48. The maximum absolute atomic E-state index is 13.6. The topological polar surface area (TPSA) is 37.3 Å². The van der Waals surface area contributed by atoms with Crippen molar-refractivity contribution in [2.24, 2.45) is 5.92 Å². The minimum atomic E-state index is -1.06. The number of carboxylic acids is 1. The minimum Gasteiger partial charge on any atom is -0.481 e. The van der Waals surface area contributed by atoms with Crippen molar-refractivity contribution in [1.29, 1.82) is 0 Å². The molecule has 0 aromatic heterocycles. The highest BCUT2D eigenvalue weighted by molar-refractivity contribution is 5.82. The Morgan fingerprint density at radius 2 is 2.07 bits per heavy atom. The summed E-state index contributed by atoms with van der Waals surface area (Å²) >= 11 is 0. The fraction of sp³-hybridized carbons (Fsp3) is 0.417. The van der Waals surface area contributed by atoms with Crippen LogP contribution in [0.3, 0.4) is 0 Å². The van der Waals surface area contributed by atoms with Crippen molar-refractivity contribution in [3.05, 3.63) is 35.6 Å². The van der Waals surface area contributed by atoms with Gasteiger partial charge in [-0.15, -0.1) is 0 Å². The molecule has 0 heterocycles. The number of halogens is 1. The lowest BCUT2D eigenvalue weighted by Crippen LogP contribution is -2.35. The number of rotatable bonds is 3. The molecule has 1 N–H and O–H groups in total. The number of hydrogen-bond acceptors (Lipinski definition) is 1. The van der Waals surface area contributed by atoms with E-state index in [1.807, 2.05) is 0 Å². The molecular weight excluding hydrogens is 195 g/mol. The molecule has 1 fully saturated rings. The average molecular weight is 208 g/mol.